The molecule has 192 valence electrons. The molecule has 8 heteroatoms. The maximum absolute atomic E-state index is 13.2. The molecule has 3 aromatic carbocycles. The minimum absolute atomic E-state index is 0.0748. The molecule has 1 aliphatic rings. The van der Waals surface area contributed by atoms with Gasteiger partial charge in [0.05, 0.1) is 13.3 Å². The lowest BCUT2D eigenvalue weighted by atomic mass is 10.00. The van der Waals surface area contributed by atoms with Gasteiger partial charge in [-0.3, -0.25) is 9.59 Å². The van der Waals surface area contributed by atoms with E-state index in [-0.39, 0.29) is 17.7 Å². The van der Waals surface area contributed by atoms with Crippen LogP contribution in [-0.4, -0.2) is 40.8 Å². The van der Waals surface area contributed by atoms with Crippen molar-refractivity contribution in [3.05, 3.63) is 96.0 Å². The lowest BCUT2D eigenvalue weighted by molar-refractivity contribution is -0.147. The van der Waals surface area contributed by atoms with Gasteiger partial charge in [-0.1, -0.05) is 50.2 Å². The topological polar surface area (TPSA) is 102 Å². The van der Waals surface area contributed by atoms with Crippen molar-refractivity contribution in [2.24, 2.45) is 5.92 Å². The minimum Gasteiger partial charge on any atom is -0.467 e. The van der Waals surface area contributed by atoms with Gasteiger partial charge in [0, 0.05) is 28.9 Å². The number of carbonyl (C=O) groups is 3. The van der Waals surface area contributed by atoms with E-state index in [1.54, 1.807) is 23.2 Å². The van der Waals surface area contributed by atoms with Crippen LogP contribution in [0, 0.1) is 5.92 Å². The highest BCUT2D eigenvalue weighted by Crippen LogP contribution is 2.32. The predicted molar refractivity (Wildman–Crippen MR) is 142 cm³/mol. The molecule has 1 aromatic heterocycles. The summed E-state index contributed by atoms with van der Waals surface area (Å²) in [5, 5.41) is 2.91. The minimum atomic E-state index is -0.635. The zero-order valence-electron chi connectivity index (χ0n) is 21.3. The van der Waals surface area contributed by atoms with Crippen LogP contribution in [0.5, 0.6) is 0 Å². The van der Waals surface area contributed by atoms with E-state index in [2.05, 4.69) is 10.3 Å². The van der Waals surface area contributed by atoms with Crippen molar-refractivity contribution in [1.29, 1.82) is 0 Å². The summed E-state index contributed by atoms with van der Waals surface area (Å²) in [7, 11) is 1.34. The van der Waals surface area contributed by atoms with Gasteiger partial charge in [-0.15, -0.1) is 0 Å². The van der Waals surface area contributed by atoms with Crippen LogP contribution in [0.25, 0.3) is 22.5 Å². The molecule has 2 heterocycles. The third-order valence-corrected chi connectivity index (χ3v) is 6.69. The van der Waals surface area contributed by atoms with Crippen molar-refractivity contribution < 1.29 is 23.5 Å². The first-order valence-corrected chi connectivity index (χ1v) is 12.3. The van der Waals surface area contributed by atoms with Gasteiger partial charge in [-0.05, 0) is 52.9 Å². The molecular formula is C30H27N3O5. The number of nitrogens with one attached hydrogen (secondary N) is 1. The second kappa shape index (κ2) is 10.3. The fourth-order valence-electron chi connectivity index (χ4n) is 4.70. The van der Waals surface area contributed by atoms with Gasteiger partial charge >= 0.3 is 5.97 Å². The first kappa shape index (κ1) is 25.0. The van der Waals surface area contributed by atoms with Crippen LogP contribution in [0.2, 0.25) is 0 Å². The number of hydrogen-bond acceptors (Lipinski definition) is 6. The van der Waals surface area contributed by atoms with Crippen LogP contribution in [0.15, 0.2) is 83.7 Å². The second-order valence-corrected chi connectivity index (χ2v) is 9.49. The highest BCUT2D eigenvalue weighted by atomic mass is 16.5. The van der Waals surface area contributed by atoms with Crippen LogP contribution in [0.4, 0.5) is 5.69 Å². The van der Waals surface area contributed by atoms with Crippen LogP contribution in [0.1, 0.15) is 40.1 Å². The van der Waals surface area contributed by atoms with Gasteiger partial charge in [0.25, 0.3) is 11.8 Å². The SMILES string of the molecule is COC(=O)C(C(C)C)N1Cc2ccc(-c3ccc(NC(=O)c4ccc(-c5cnco5)cc4)cc3)cc2C1=O. The number of oxazole rings is 1. The second-order valence-electron chi connectivity index (χ2n) is 9.49. The molecule has 0 saturated heterocycles. The fraction of sp³-hybridized carbons (Fsp3) is 0.200. The summed E-state index contributed by atoms with van der Waals surface area (Å²) in [6.45, 7) is 4.17. The molecule has 0 aliphatic carbocycles. The Bertz CT molecular complexity index is 1480. The molecule has 0 saturated carbocycles. The van der Waals surface area contributed by atoms with Gasteiger partial charge in [-0.25, -0.2) is 9.78 Å². The predicted octanol–water partition coefficient (Wildman–Crippen LogP) is 5.41. The average molecular weight is 510 g/mol. The number of esters is 1. The number of anilines is 1. The average Bonchev–Trinajstić information content (AvgIpc) is 3.58. The normalized spacial score (nSPS) is 13.4. The number of hydrogen-bond donors (Lipinski definition) is 1. The summed E-state index contributed by atoms with van der Waals surface area (Å²) in [6, 6.07) is 19.6. The molecule has 1 unspecified atom stereocenters. The zero-order valence-corrected chi connectivity index (χ0v) is 21.3. The molecule has 5 rings (SSSR count). The zero-order chi connectivity index (χ0) is 26.8. The summed E-state index contributed by atoms with van der Waals surface area (Å²) in [5.41, 5.74) is 5.25. The van der Waals surface area contributed by atoms with Crippen molar-refractivity contribution in [1.82, 2.24) is 9.88 Å². The first-order chi connectivity index (χ1) is 18.4. The molecule has 2 amide bonds. The third-order valence-electron chi connectivity index (χ3n) is 6.69. The summed E-state index contributed by atoms with van der Waals surface area (Å²) < 4.78 is 10.2. The standard InChI is InChI=1S/C30H27N3O5/c1-18(2)27(30(36)37-3)33-16-23-9-8-22(14-25(23)29(33)35)19-10-12-24(13-11-19)32-28(34)21-6-4-20(5-7-21)26-15-31-17-38-26/h4-15,17-18,27H,16H2,1-3H3,(H,32,34). The summed E-state index contributed by atoms with van der Waals surface area (Å²) in [5.74, 6) is -0.254. The summed E-state index contributed by atoms with van der Waals surface area (Å²) >= 11 is 0. The number of aromatic nitrogens is 1. The summed E-state index contributed by atoms with van der Waals surface area (Å²) in [4.78, 5) is 43.7. The fourth-order valence-corrected chi connectivity index (χ4v) is 4.70. The number of amides is 2. The van der Waals surface area contributed by atoms with Crippen molar-refractivity contribution in [3.8, 4) is 22.5 Å². The lowest BCUT2D eigenvalue weighted by Gasteiger charge is -2.28. The maximum Gasteiger partial charge on any atom is 0.328 e. The van der Waals surface area contributed by atoms with Crippen molar-refractivity contribution in [2.45, 2.75) is 26.4 Å². The van der Waals surface area contributed by atoms with Gasteiger partial charge in [0.1, 0.15) is 6.04 Å². The molecule has 38 heavy (non-hydrogen) atoms. The highest BCUT2D eigenvalue weighted by molar-refractivity contribution is 6.04. The van der Waals surface area contributed by atoms with Gasteiger partial charge in [0.2, 0.25) is 0 Å². The van der Waals surface area contributed by atoms with Crippen molar-refractivity contribution in [2.75, 3.05) is 12.4 Å². The number of rotatable bonds is 7. The molecule has 0 bridgehead atoms. The van der Waals surface area contributed by atoms with E-state index < -0.39 is 12.0 Å². The maximum atomic E-state index is 13.2. The van der Waals surface area contributed by atoms with E-state index in [1.165, 1.54) is 13.5 Å². The Balaban J connectivity index is 1.28. The molecule has 0 spiro atoms. The molecule has 0 fully saturated rings. The Morgan fingerprint density at radius 3 is 2.29 bits per heavy atom. The van der Waals surface area contributed by atoms with Crippen molar-refractivity contribution in [3.63, 3.8) is 0 Å². The number of nitrogens with zero attached hydrogens (tertiary/aromatic N) is 2. The van der Waals surface area contributed by atoms with Crippen LogP contribution >= 0.6 is 0 Å². The number of carbonyl (C=O) groups excluding carboxylic acids is 3. The van der Waals surface area contributed by atoms with E-state index >= 15 is 0 Å². The number of fused-ring (bicyclic) bond motifs is 1. The van der Waals surface area contributed by atoms with Gasteiger partial charge in [0.15, 0.2) is 12.2 Å². The largest absolute Gasteiger partial charge is 0.467 e. The Labute approximate surface area is 220 Å². The molecule has 8 nitrogen and oxygen atoms in total. The molecule has 0 radical (unpaired) electrons. The number of methoxy groups -OCH3 is 1. The van der Waals surface area contributed by atoms with E-state index in [0.29, 0.717) is 29.1 Å². The van der Waals surface area contributed by atoms with Gasteiger partial charge < -0.3 is 19.4 Å². The Morgan fingerprint density at radius 2 is 1.66 bits per heavy atom. The van der Waals surface area contributed by atoms with Crippen molar-refractivity contribution >= 4 is 23.5 Å². The molecular weight excluding hydrogens is 482 g/mol. The smallest absolute Gasteiger partial charge is 0.328 e. The third kappa shape index (κ3) is 4.80. The van der Waals surface area contributed by atoms with E-state index in [1.807, 2.05) is 68.4 Å². The Hall–Kier alpha value is -4.72. The molecule has 1 N–H and O–H groups in total. The number of benzene rings is 3. The monoisotopic (exact) mass is 509 g/mol. The quantitative estimate of drug-likeness (QED) is 0.334. The lowest BCUT2D eigenvalue weighted by Crippen LogP contribution is -2.45. The van der Waals surface area contributed by atoms with Gasteiger partial charge in [-0.2, -0.15) is 0 Å². The van der Waals surface area contributed by atoms with Crippen LogP contribution in [0.3, 0.4) is 0 Å². The van der Waals surface area contributed by atoms with E-state index in [4.69, 9.17) is 9.15 Å². The molecule has 1 atom stereocenters. The molecule has 4 aromatic rings. The molecule has 1 aliphatic heterocycles. The van der Waals surface area contributed by atoms with E-state index in [9.17, 15) is 14.4 Å². The van der Waals surface area contributed by atoms with Crippen LogP contribution in [-0.2, 0) is 16.1 Å². The van der Waals surface area contributed by atoms with Crippen LogP contribution < -0.4 is 5.32 Å². The Morgan fingerprint density at radius 1 is 0.974 bits per heavy atom. The number of ether oxygens (including phenoxy) is 1. The Kier molecular flexibility index (Phi) is 6.79. The summed E-state index contributed by atoms with van der Waals surface area (Å²) in [6.07, 6.45) is 2.98. The highest BCUT2D eigenvalue weighted by Gasteiger charge is 2.38. The first-order valence-electron chi connectivity index (χ1n) is 12.3. The van der Waals surface area contributed by atoms with E-state index in [0.717, 1.165) is 22.3 Å².